The quantitative estimate of drug-likeness (QED) is 0.271. The highest BCUT2D eigenvalue weighted by Gasteiger charge is 2.18. The predicted octanol–water partition coefficient (Wildman–Crippen LogP) is 6.37. The van der Waals surface area contributed by atoms with Gasteiger partial charge in [-0.25, -0.2) is 12.9 Å². The van der Waals surface area contributed by atoms with Crippen LogP contribution < -0.4 is 0 Å². The van der Waals surface area contributed by atoms with E-state index in [9.17, 15) is 8.42 Å². The summed E-state index contributed by atoms with van der Waals surface area (Å²) < 4.78 is 28.5. The molecular weight excluding hydrogens is 518 g/mol. The fourth-order valence-corrected chi connectivity index (χ4v) is 5.64. The van der Waals surface area contributed by atoms with Crippen molar-refractivity contribution in [3.8, 4) is 22.6 Å². The largest absolute Gasteiger partial charge is 0.219 e. The van der Waals surface area contributed by atoms with E-state index in [0.29, 0.717) is 10.8 Å². The highest BCUT2D eigenvalue weighted by atomic mass is 79.9. The second kappa shape index (κ2) is 7.87. The molecule has 0 amide bonds. The maximum absolute atomic E-state index is 12.8. The number of aromatic nitrogens is 3. The van der Waals surface area contributed by atoms with E-state index in [-0.39, 0.29) is 9.79 Å². The van der Waals surface area contributed by atoms with E-state index in [1.807, 2.05) is 34.2 Å². The van der Waals surface area contributed by atoms with Crippen molar-refractivity contribution in [2.45, 2.75) is 9.79 Å². The molecule has 0 atom stereocenters. The summed E-state index contributed by atoms with van der Waals surface area (Å²) >= 11 is 10.8. The van der Waals surface area contributed by atoms with Crippen LogP contribution in [-0.4, -0.2) is 23.0 Å². The van der Waals surface area contributed by atoms with Crippen LogP contribution in [0.1, 0.15) is 0 Å². The molecule has 0 saturated carbocycles. The number of nitrogens with zero attached hydrogens (tertiary/aromatic N) is 3. The van der Waals surface area contributed by atoms with Crippen molar-refractivity contribution in [2.24, 2.45) is 0 Å². The third kappa shape index (κ3) is 3.80. The van der Waals surface area contributed by atoms with Crippen LogP contribution in [0.25, 0.3) is 27.6 Å². The molecule has 0 N–H and O–H groups in total. The third-order valence-electron chi connectivity index (χ3n) is 4.77. The number of hydrogen-bond acceptors (Lipinski definition) is 5. The van der Waals surface area contributed by atoms with Gasteiger partial charge in [0, 0.05) is 26.0 Å². The van der Waals surface area contributed by atoms with Gasteiger partial charge in [0.05, 0.1) is 15.5 Å². The summed E-state index contributed by atoms with van der Waals surface area (Å²) in [6.45, 7) is 0. The van der Waals surface area contributed by atoms with Gasteiger partial charge < -0.3 is 0 Å². The van der Waals surface area contributed by atoms with Gasteiger partial charge in [-0.1, -0.05) is 39.7 Å². The van der Waals surface area contributed by atoms with E-state index < -0.39 is 9.84 Å². The lowest BCUT2D eigenvalue weighted by molar-refractivity contribution is 0.596. The highest BCUT2D eigenvalue weighted by molar-refractivity contribution is 9.10. The summed E-state index contributed by atoms with van der Waals surface area (Å²) in [4.78, 5) is 5.78. The summed E-state index contributed by atoms with van der Waals surface area (Å²) in [7, 11) is -3.62. The normalized spacial score (nSPS) is 11.8. The summed E-state index contributed by atoms with van der Waals surface area (Å²) in [5.41, 5.74) is 2.73. The Bertz CT molecular complexity index is 1490. The molecule has 0 fully saturated rings. The lowest BCUT2D eigenvalue weighted by Crippen LogP contribution is -2.01. The molecule has 0 aliphatic rings. The van der Waals surface area contributed by atoms with E-state index in [4.69, 9.17) is 11.6 Å². The minimum absolute atomic E-state index is 0.199. The van der Waals surface area contributed by atoms with Gasteiger partial charge in [0.15, 0.2) is 5.82 Å². The molecule has 9 heteroatoms. The summed E-state index contributed by atoms with van der Waals surface area (Å²) in [6, 6.07) is 20.7. The lowest BCUT2D eigenvalue weighted by atomic mass is 10.2. The Labute approximate surface area is 196 Å². The standard InChI is InChI=1S/C22H13BrClN3O2S2/c23-16-5-1-14(2-6-16)20-13-30-22-25-21(26-27(20)22)15-3-9-18(10-4-15)31(28,29)19-11-7-17(24)8-12-19/h1-13H. The zero-order chi connectivity index (χ0) is 21.6. The van der Waals surface area contributed by atoms with Crippen LogP contribution in [0, 0.1) is 0 Å². The Morgan fingerprint density at radius 3 is 2.06 bits per heavy atom. The van der Waals surface area contributed by atoms with E-state index in [1.54, 1.807) is 36.4 Å². The minimum Gasteiger partial charge on any atom is -0.219 e. The monoisotopic (exact) mass is 529 g/mol. The third-order valence-corrected chi connectivity index (χ3v) is 8.15. The fourth-order valence-electron chi connectivity index (χ4n) is 3.16. The molecule has 3 aromatic carbocycles. The number of fused-ring (bicyclic) bond motifs is 1. The van der Waals surface area contributed by atoms with Crippen molar-refractivity contribution in [3.05, 3.63) is 87.7 Å². The molecule has 154 valence electrons. The van der Waals surface area contributed by atoms with Crippen LogP contribution in [0.2, 0.25) is 5.02 Å². The topological polar surface area (TPSA) is 64.3 Å². The van der Waals surface area contributed by atoms with Crippen LogP contribution in [0.15, 0.2) is 92.4 Å². The van der Waals surface area contributed by atoms with Gasteiger partial charge in [0.25, 0.3) is 0 Å². The van der Waals surface area contributed by atoms with Gasteiger partial charge in [-0.15, -0.1) is 16.4 Å². The molecule has 0 saturated heterocycles. The number of halogens is 2. The SMILES string of the molecule is O=S(=O)(c1ccc(Cl)cc1)c1ccc(-c2nc3scc(-c4ccc(Br)cc4)n3n2)cc1. The Kier molecular flexibility index (Phi) is 5.18. The Morgan fingerprint density at radius 1 is 0.839 bits per heavy atom. The van der Waals surface area contributed by atoms with Gasteiger partial charge in [0.2, 0.25) is 14.8 Å². The van der Waals surface area contributed by atoms with Gasteiger partial charge in [-0.05, 0) is 60.7 Å². The van der Waals surface area contributed by atoms with Gasteiger partial charge in [0.1, 0.15) is 0 Å². The molecule has 31 heavy (non-hydrogen) atoms. The van der Waals surface area contributed by atoms with E-state index in [1.165, 1.54) is 23.5 Å². The summed E-state index contributed by atoms with van der Waals surface area (Å²) in [5, 5.41) is 7.15. The minimum atomic E-state index is -3.62. The summed E-state index contributed by atoms with van der Waals surface area (Å²) in [6.07, 6.45) is 0. The smallest absolute Gasteiger partial charge is 0.213 e. The zero-order valence-electron chi connectivity index (χ0n) is 15.7. The van der Waals surface area contributed by atoms with Crippen molar-refractivity contribution in [1.29, 1.82) is 0 Å². The highest BCUT2D eigenvalue weighted by Crippen LogP contribution is 2.29. The van der Waals surface area contributed by atoms with Gasteiger partial charge >= 0.3 is 0 Å². The van der Waals surface area contributed by atoms with E-state index in [0.717, 1.165) is 26.3 Å². The van der Waals surface area contributed by atoms with Crippen LogP contribution in [-0.2, 0) is 9.84 Å². The second-order valence-corrected chi connectivity index (χ2v) is 10.9. The molecule has 0 bridgehead atoms. The number of hydrogen-bond donors (Lipinski definition) is 0. The van der Waals surface area contributed by atoms with E-state index >= 15 is 0 Å². The van der Waals surface area contributed by atoms with Gasteiger partial charge in [-0.3, -0.25) is 0 Å². The van der Waals surface area contributed by atoms with Crippen molar-refractivity contribution in [3.63, 3.8) is 0 Å². The molecular formula is C22H13BrClN3O2S2. The van der Waals surface area contributed by atoms with Crippen LogP contribution in [0.5, 0.6) is 0 Å². The number of thiazole rings is 1. The maximum Gasteiger partial charge on any atom is 0.213 e. The molecule has 5 aromatic rings. The van der Waals surface area contributed by atoms with Crippen molar-refractivity contribution < 1.29 is 8.42 Å². The van der Waals surface area contributed by atoms with Crippen LogP contribution in [0.3, 0.4) is 0 Å². The molecule has 5 rings (SSSR count). The average Bonchev–Trinajstić information content (AvgIpc) is 3.36. The summed E-state index contributed by atoms with van der Waals surface area (Å²) in [5.74, 6) is 0.542. The number of benzene rings is 3. The molecule has 0 aliphatic heterocycles. The Hall–Kier alpha value is -2.52. The molecule has 2 heterocycles. The second-order valence-electron chi connectivity index (χ2n) is 6.74. The van der Waals surface area contributed by atoms with Gasteiger partial charge in [-0.2, -0.15) is 4.98 Å². The maximum atomic E-state index is 12.8. The van der Waals surface area contributed by atoms with Crippen LogP contribution >= 0.6 is 38.9 Å². The first kappa shape index (κ1) is 20.4. The molecule has 0 radical (unpaired) electrons. The van der Waals surface area contributed by atoms with Crippen molar-refractivity contribution >= 4 is 53.7 Å². The zero-order valence-corrected chi connectivity index (χ0v) is 19.7. The first-order valence-electron chi connectivity index (χ1n) is 9.13. The average molecular weight is 531 g/mol. The van der Waals surface area contributed by atoms with Crippen molar-refractivity contribution in [1.82, 2.24) is 14.6 Å². The molecule has 0 aliphatic carbocycles. The van der Waals surface area contributed by atoms with Crippen molar-refractivity contribution in [2.75, 3.05) is 0 Å². The first-order chi connectivity index (χ1) is 14.9. The molecule has 0 spiro atoms. The number of sulfone groups is 1. The molecule has 0 unspecified atom stereocenters. The Morgan fingerprint density at radius 2 is 1.42 bits per heavy atom. The predicted molar refractivity (Wildman–Crippen MR) is 126 cm³/mol. The Balaban J connectivity index is 1.48. The van der Waals surface area contributed by atoms with Crippen LogP contribution in [0.4, 0.5) is 0 Å². The fraction of sp³-hybridized carbons (Fsp3) is 0. The molecule has 2 aromatic heterocycles. The first-order valence-corrected chi connectivity index (χ1v) is 12.7. The molecule has 5 nitrogen and oxygen atoms in total. The number of rotatable bonds is 4. The lowest BCUT2D eigenvalue weighted by Gasteiger charge is -2.05. The van der Waals surface area contributed by atoms with E-state index in [2.05, 4.69) is 26.0 Å².